The predicted octanol–water partition coefficient (Wildman–Crippen LogP) is 4.16. The summed E-state index contributed by atoms with van der Waals surface area (Å²) in [6, 6.07) is 5.09. The maximum Gasteiger partial charge on any atom is 0.183 e. The van der Waals surface area contributed by atoms with Crippen LogP contribution < -0.4 is 0 Å². The third kappa shape index (κ3) is 2.43. The molecule has 0 aliphatic carbocycles. The molecule has 1 atom stereocenters. The molecule has 1 unspecified atom stereocenters. The second-order valence-corrected chi connectivity index (χ2v) is 4.89. The highest BCUT2D eigenvalue weighted by Crippen LogP contribution is 2.33. The molecule has 0 aliphatic rings. The fourth-order valence-corrected chi connectivity index (χ4v) is 1.99. The monoisotopic (exact) mass is 366 g/mol. The van der Waals surface area contributed by atoms with E-state index in [1.54, 1.807) is 0 Å². The fourth-order valence-electron chi connectivity index (χ4n) is 1.38. The largest absolute Gasteiger partial charge is 0.450 e. The van der Waals surface area contributed by atoms with Crippen molar-refractivity contribution >= 4 is 31.9 Å². The lowest BCUT2D eigenvalue weighted by Gasteiger charge is -2.09. The second kappa shape index (κ2) is 4.88. The van der Waals surface area contributed by atoms with Crippen LogP contribution in [0.2, 0.25) is 0 Å². The molecule has 6 heteroatoms. The first-order valence-electron chi connectivity index (χ1n) is 4.57. The van der Waals surface area contributed by atoms with Crippen LogP contribution in [0, 0.1) is 11.6 Å². The van der Waals surface area contributed by atoms with Crippen LogP contribution in [-0.4, -0.2) is 5.11 Å². The van der Waals surface area contributed by atoms with E-state index in [0.717, 1.165) is 6.07 Å². The molecule has 2 aromatic rings. The molecule has 1 aromatic carbocycles. The lowest BCUT2D eigenvalue weighted by Crippen LogP contribution is -2.03. The summed E-state index contributed by atoms with van der Waals surface area (Å²) >= 11 is 6.27. The molecule has 0 bridgehead atoms. The summed E-state index contributed by atoms with van der Waals surface area (Å²) in [5, 5.41) is 9.89. The molecule has 90 valence electrons. The molecule has 0 amide bonds. The van der Waals surface area contributed by atoms with Gasteiger partial charge >= 0.3 is 0 Å². The molecular weight excluding hydrogens is 362 g/mol. The molecule has 2 rings (SSSR count). The molecule has 0 saturated carbocycles. The van der Waals surface area contributed by atoms with Gasteiger partial charge in [0.1, 0.15) is 11.9 Å². The van der Waals surface area contributed by atoms with Crippen molar-refractivity contribution in [3.8, 4) is 0 Å². The Morgan fingerprint density at radius 1 is 1.24 bits per heavy atom. The maximum absolute atomic E-state index is 13.4. The molecule has 0 saturated heterocycles. The fraction of sp³-hybridized carbons (Fsp3) is 0.0909. The number of benzene rings is 1. The topological polar surface area (TPSA) is 33.4 Å². The number of hydrogen-bond donors (Lipinski definition) is 1. The summed E-state index contributed by atoms with van der Waals surface area (Å²) in [6.07, 6.45) is -1.35. The van der Waals surface area contributed by atoms with Gasteiger partial charge in [0.25, 0.3) is 0 Å². The average Bonchev–Trinajstić information content (AvgIpc) is 2.62. The van der Waals surface area contributed by atoms with Gasteiger partial charge in [-0.05, 0) is 44.0 Å². The number of hydrogen-bond acceptors (Lipinski definition) is 2. The van der Waals surface area contributed by atoms with Crippen LogP contribution in [0.5, 0.6) is 0 Å². The van der Waals surface area contributed by atoms with E-state index in [1.807, 2.05) is 0 Å². The number of furan rings is 1. The third-order valence-electron chi connectivity index (χ3n) is 2.21. The van der Waals surface area contributed by atoms with Gasteiger partial charge in [-0.3, -0.25) is 0 Å². The zero-order valence-electron chi connectivity index (χ0n) is 8.25. The van der Waals surface area contributed by atoms with Crippen LogP contribution in [0.3, 0.4) is 0 Å². The summed E-state index contributed by atoms with van der Waals surface area (Å²) in [5.74, 6) is -1.97. The Balaban J connectivity index is 2.43. The van der Waals surface area contributed by atoms with Crippen LogP contribution >= 0.6 is 31.9 Å². The molecule has 0 aliphatic heterocycles. The van der Waals surface area contributed by atoms with Crippen molar-refractivity contribution < 1.29 is 18.3 Å². The Kier molecular flexibility index (Phi) is 3.65. The van der Waals surface area contributed by atoms with E-state index in [2.05, 4.69) is 31.9 Å². The number of halogens is 4. The Morgan fingerprint density at radius 3 is 2.53 bits per heavy atom. The van der Waals surface area contributed by atoms with Crippen molar-refractivity contribution in [2.45, 2.75) is 6.10 Å². The third-order valence-corrected chi connectivity index (χ3v) is 3.92. The van der Waals surface area contributed by atoms with Crippen molar-refractivity contribution in [3.05, 3.63) is 56.4 Å². The Bertz CT molecular complexity index is 535. The van der Waals surface area contributed by atoms with Gasteiger partial charge in [0, 0.05) is 5.56 Å². The van der Waals surface area contributed by atoms with Gasteiger partial charge in [0.15, 0.2) is 16.3 Å². The van der Waals surface area contributed by atoms with E-state index < -0.39 is 17.7 Å². The number of rotatable bonds is 2. The highest BCUT2D eigenvalue weighted by molar-refractivity contribution is 9.13. The van der Waals surface area contributed by atoms with E-state index in [0.29, 0.717) is 9.14 Å². The van der Waals surface area contributed by atoms with E-state index in [9.17, 15) is 13.9 Å². The molecule has 17 heavy (non-hydrogen) atoms. The summed E-state index contributed by atoms with van der Waals surface area (Å²) in [5.41, 5.74) is -0.168. The van der Waals surface area contributed by atoms with E-state index in [1.165, 1.54) is 18.2 Å². The lowest BCUT2D eigenvalue weighted by atomic mass is 10.1. The van der Waals surface area contributed by atoms with E-state index in [4.69, 9.17) is 4.42 Å². The maximum atomic E-state index is 13.4. The highest BCUT2D eigenvalue weighted by Gasteiger charge is 2.21. The summed E-state index contributed by atoms with van der Waals surface area (Å²) in [4.78, 5) is 0. The van der Waals surface area contributed by atoms with Crippen LogP contribution in [0.4, 0.5) is 8.78 Å². The quantitative estimate of drug-likeness (QED) is 0.864. The Hall–Kier alpha value is -0.720. The molecule has 0 fully saturated rings. The summed E-state index contributed by atoms with van der Waals surface area (Å²) in [6.45, 7) is 0. The minimum absolute atomic E-state index is 0.119. The molecular formula is C11H6Br2F2O2. The van der Waals surface area contributed by atoms with Crippen LogP contribution in [0.15, 0.2) is 37.8 Å². The molecule has 1 N–H and O–H groups in total. The Labute approximate surface area is 113 Å². The minimum Gasteiger partial charge on any atom is -0.450 e. The van der Waals surface area contributed by atoms with Crippen molar-refractivity contribution in [2.24, 2.45) is 0 Å². The van der Waals surface area contributed by atoms with Gasteiger partial charge in [0.05, 0.1) is 4.47 Å². The van der Waals surface area contributed by atoms with Crippen molar-refractivity contribution in [1.29, 1.82) is 0 Å². The molecule has 0 spiro atoms. The van der Waals surface area contributed by atoms with Gasteiger partial charge in [-0.2, -0.15) is 0 Å². The SMILES string of the molecule is OC(c1cc(Br)c(Br)o1)c1cccc(F)c1F. The van der Waals surface area contributed by atoms with E-state index >= 15 is 0 Å². The van der Waals surface area contributed by atoms with Crippen LogP contribution in [0.1, 0.15) is 17.4 Å². The zero-order valence-corrected chi connectivity index (χ0v) is 11.4. The summed E-state index contributed by atoms with van der Waals surface area (Å²) in [7, 11) is 0. The zero-order chi connectivity index (χ0) is 12.6. The predicted molar refractivity (Wildman–Crippen MR) is 64.5 cm³/mol. The van der Waals surface area contributed by atoms with Crippen molar-refractivity contribution in [3.63, 3.8) is 0 Å². The minimum atomic E-state index is -1.35. The van der Waals surface area contributed by atoms with Crippen LogP contribution in [0.25, 0.3) is 0 Å². The smallest absolute Gasteiger partial charge is 0.183 e. The first-order chi connectivity index (χ1) is 8.00. The standard InChI is InChI=1S/C11H6Br2F2O2/c12-6-4-8(17-11(6)13)10(16)5-2-1-3-7(14)9(5)15/h1-4,10,16H. The van der Waals surface area contributed by atoms with Crippen LogP contribution in [-0.2, 0) is 0 Å². The van der Waals surface area contributed by atoms with Gasteiger partial charge in [-0.15, -0.1) is 0 Å². The van der Waals surface area contributed by atoms with E-state index in [-0.39, 0.29) is 11.3 Å². The summed E-state index contributed by atoms with van der Waals surface area (Å²) < 4.78 is 32.6. The Morgan fingerprint density at radius 2 is 1.94 bits per heavy atom. The van der Waals surface area contributed by atoms with Gasteiger partial charge in [-0.25, -0.2) is 8.78 Å². The number of aliphatic hydroxyl groups is 1. The van der Waals surface area contributed by atoms with Gasteiger partial charge in [-0.1, -0.05) is 12.1 Å². The average molecular weight is 368 g/mol. The van der Waals surface area contributed by atoms with Gasteiger partial charge in [0.2, 0.25) is 0 Å². The first kappa shape index (κ1) is 12.7. The lowest BCUT2D eigenvalue weighted by molar-refractivity contribution is 0.182. The highest BCUT2D eigenvalue weighted by atomic mass is 79.9. The van der Waals surface area contributed by atoms with Crippen molar-refractivity contribution in [1.82, 2.24) is 0 Å². The molecule has 2 nitrogen and oxygen atoms in total. The molecule has 0 radical (unpaired) electrons. The normalized spacial score (nSPS) is 12.8. The first-order valence-corrected chi connectivity index (χ1v) is 6.16. The van der Waals surface area contributed by atoms with Gasteiger partial charge < -0.3 is 9.52 Å². The van der Waals surface area contributed by atoms with Crippen molar-refractivity contribution in [2.75, 3.05) is 0 Å². The molecule has 1 heterocycles. The second-order valence-electron chi connectivity index (χ2n) is 3.32. The number of aliphatic hydroxyl groups excluding tert-OH is 1. The molecule has 1 aromatic heterocycles.